The molecule has 11 aromatic rings. The summed E-state index contributed by atoms with van der Waals surface area (Å²) in [6.45, 7) is 0. The van der Waals surface area contributed by atoms with Crippen LogP contribution >= 0.6 is 0 Å². The van der Waals surface area contributed by atoms with Gasteiger partial charge in [-0.25, -0.2) is 9.97 Å². The molecule has 0 bridgehead atoms. The summed E-state index contributed by atoms with van der Waals surface area (Å²) in [5, 5.41) is 9.40. The van der Waals surface area contributed by atoms with E-state index in [4.69, 9.17) is 9.97 Å². The van der Waals surface area contributed by atoms with E-state index < -0.39 is 0 Å². The van der Waals surface area contributed by atoms with Gasteiger partial charge >= 0.3 is 0 Å². The van der Waals surface area contributed by atoms with Crippen LogP contribution in [0.2, 0.25) is 0 Å². The molecule has 0 aliphatic rings. The Morgan fingerprint density at radius 3 is 1.28 bits per heavy atom. The maximum absolute atomic E-state index is 4.86. The number of anilines is 6. The standard InChI is InChI=1S/C55H37N5/c1-2-17-44(18-3-1)59(52-20-8-10-31-57-52)45-26-28-48-50(35-45)54(42-24-22-38-13-4-6-15-40(38)33-42)49-29-27-46(60(47-19-12-30-56-37-47)53-21-9-11-32-58-53)36-51(49)55(48)43-25-23-39-14-5-7-16-41(39)34-43/h1-37H. The van der Waals surface area contributed by atoms with E-state index in [2.05, 4.69) is 179 Å². The summed E-state index contributed by atoms with van der Waals surface area (Å²) in [6.07, 6.45) is 7.40. The number of para-hydroxylation sites is 1. The Morgan fingerprint density at radius 1 is 0.300 bits per heavy atom. The van der Waals surface area contributed by atoms with Gasteiger partial charge < -0.3 is 0 Å². The summed E-state index contributed by atoms with van der Waals surface area (Å²) >= 11 is 0. The van der Waals surface area contributed by atoms with Crippen molar-refractivity contribution < 1.29 is 0 Å². The number of benzene rings is 8. The summed E-state index contributed by atoms with van der Waals surface area (Å²) in [6, 6.07) is 71.3. The first-order valence-corrected chi connectivity index (χ1v) is 20.2. The smallest absolute Gasteiger partial charge is 0.137 e. The number of hydrogen-bond acceptors (Lipinski definition) is 5. The molecule has 3 heterocycles. The molecule has 11 rings (SSSR count). The number of rotatable bonds is 8. The highest BCUT2D eigenvalue weighted by atomic mass is 15.2. The largest absolute Gasteiger partial charge is 0.295 e. The van der Waals surface area contributed by atoms with Crippen molar-refractivity contribution in [2.45, 2.75) is 0 Å². The van der Waals surface area contributed by atoms with Gasteiger partial charge in [0.15, 0.2) is 0 Å². The predicted octanol–water partition coefficient (Wildman–Crippen LogP) is 14.8. The summed E-state index contributed by atoms with van der Waals surface area (Å²) in [5.74, 6) is 1.66. The minimum Gasteiger partial charge on any atom is -0.295 e. The van der Waals surface area contributed by atoms with Gasteiger partial charge in [-0.05, 0) is 150 Å². The van der Waals surface area contributed by atoms with Gasteiger partial charge in [0.2, 0.25) is 0 Å². The molecule has 3 aromatic heterocycles. The molecule has 8 aromatic carbocycles. The van der Waals surface area contributed by atoms with E-state index in [0.29, 0.717) is 0 Å². The van der Waals surface area contributed by atoms with Crippen molar-refractivity contribution in [1.29, 1.82) is 0 Å². The third-order valence-electron chi connectivity index (χ3n) is 11.4. The van der Waals surface area contributed by atoms with Gasteiger partial charge in [0.05, 0.1) is 11.9 Å². The van der Waals surface area contributed by atoms with E-state index in [1.807, 2.05) is 55.0 Å². The fourth-order valence-electron chi connectivity index (χ4n) is 8.66. The first kappa shape index (κ1) is 35.0. The number of pyridine rings is 3. The Bertz CT molecular complexity index is 3010. The summed E-state index contributed by atoms with van der Waals surface area (Å²) in [4.78, 5) is 18.6. The molecule has 0 spiro atoms. The van der Waals surface area contributed by atoms with E-state index in [-0.39, 0.29) is 0 Å². The minimum absolute atomic E-state index is 0.813. The number of fused-ring (bicyclic) bond motifs is 4. The van der Waals surface area contributed by atoms with Crippen molar-refractivity contribution in [2.75, 3.05) is 9.80 Å². The highest BCUT2D eigenvalue weighted by molar-refractivity contribution is 6.23. The quantitative estimate of drug-likeness (QED) is 0.144. The van der Waals surface area contributed by atoms with Crippen molar-refractivity contribution in [3.8, 4) is 22.3 Å². The third-order valence-corrected chi connectivity index (χ3v) is 11.4. The number of nitrogens with zero attached hydrogens (tertiary/aromatic N) is 5. The van der Waals surface area contributed by atoms with Crippen LogP contribution in [0.1, 0.15) is 0 Å². The van der Waals surface area contributed by atoms with Gasteiger partial charge in [0.25, 0.3) is 0 Å². The lowest BCUT2D eigenvalue weighted by molar-refractivity contribution is 1.16. The molecule has 5 heteroatoms. The molecule has 5 nitrogen and oxygen atoms in total. The molecular formula is C55H37N5. The van der Waals surface area contributed by atoms with Crippen molar-refractivity contribution in [3.05, 3.63) is 225 Å². The lowest BCUT2D eigenvalue weighted by atomic mass is 9.84. The topological polar surface area (TPSA) is 45.2 Å². The van der Waals surface area contributed by atoms with Crippen molar-refractivity contribution >= 4 is 77.5 Å². The monoisotopic (exact) mass is 767 g/mol. The summed E-state index contributed by atoms with van der Waals surface area (Å²) in [7, 11) is 0. The highest BCUT2D eigenvalue weighted by Gasteiger charge is 2.23. The van der Waals surface area contributed by atoms with E-state index in [9.17, 15) is 0 Å². The maximum Gasteiger partial charge on any atom is 0.137 e. The average molecular weight is 768 g/mol. The zero-order valence-electron chi connectivity index (χ0n) is 32.6. The molecule has 0 fully saturated rings. The van der Waals surface area contributed by atoms with Gasteiger partial charge in [-0.15, -0.1) is 0 Å². The number of hydrogen-bond donors (Lipinski definition) is 0. The van der Waals surface area contributed by atoms with Crippen LogP contribution in [0.15, 0.2) is 225 Å². The Morgan fingerprint density at radius 2 is 0.783 bits per heavy atom. The zero-order valence-corrected chi connectivity index (χ0v) is 32.6. The second-order valence-corrected chi connectivity index (χ2v) is 14.9. The Kier molecular flexibility index (Phi) is 8.75. The fourth-order valence-corrected chi connectivity index (χ4v) is 8.66. The van der Waals surface area contributed by atoms with Gasteiger partial charge in [-0.2, -0.15) is 0 Å². The molecule has 0 saturated heterocycles. The molecule has 60 heavy (non-hydrogen) atoms. The van der Waals surface area contributed by atoms with Crippen molar-refractivity contribution in [1.82, 2.24) is 15.0 Å². The third kappa shape index (κ3) is 6.26. The second-order valence-electron chi connectivity index (χ2n) is 14.9. The van der Waals surface area contributed by atoms with Crippen LogP contribution in [0, 0.1) is 0 Å². The predicted molar refractivity (Wildman–Crippen MR) is 250 cm³/mol. The molecule has 0 aliphatic heterocycles. The van der Waals surface area contributed by atoms with E-state index in [1.165, 1.54) is 32.7 Å². The molecule has 0 amide bonds. The van der Waals surface area contributed by atoms with Gasteiger partial charge in [0, 0.05) is 35.7 Å². The highest BCUT2D eigenvalue weighted by Crippen LogP contribution is 2.48. The van der Waals surface area contributed by atoms with Crippen LogP contribution in [-0.2, 0) is 0 Å². The van der Waals surface area contributed by atoms with Gasteiger partial charge in [-0.1, -0.05) is 115 Å². The van der Waals surface area contributed by atoms with E-state index >= 15 is 0 Å². The minimum atomic E-state index is 0.813. The van der Waals surface area contributed by atoms with Crippen LogP contribution in [-0.4, -0.2) is 15.0 Å². The molecule has 0 N–H and O–H groups in total. The van der Waals surface area contributed by atoms with Crippen molar-refractivity contribution in [2.24, 2.45) is 0 Å². The van der Waals surface area contributed by atoms with Crippen LogP contribution in [0.5, 0.6) is 0 Å². The Balaban J connectivity index is 1.27. The normalized spacial score (nSPS) is 11.3. The van der Waals surface area contributed by atoms with Crippen molar-refractivity contribution in [3.63, 3.8) is 0 Å². The van der Waals surface area contributed by atoms with Crippen LogP contribution < -0.4 is 9.80 Å². The Labute approximate surface area is 348 Å². The molecule has 282 valence electrons. The molecule has 0 saturated carbocycles. The van der Waals surface area contributed by atoms with E-state index in [0.717, 1.165) is 67.1 Å². The summed E-state index contributed by atoms with van der Waals surface area (Å²) < 4.78 is 0. The Hall–Kier alpha value is -8.15. The molecule has 0 unspecified atom stereocenters. The van der Waals surface area contributed by atoms with Gasteiger partial charge in [0.1, 0.15) is 11.6 Å². The van der Waals surface area contributed by atoms with E-state index in [1.54, 1.807) is 6.20 Å². The molecule has 0 aliphatic carbocycles. The first-order valence-electron chi connectivity index (χ1n) is 20.2. The molecule has 0 atom stereocenters. The SMILES string of the molecule is c1ccc(N(c2ccc3c(-c4ccc5ccccc5c4)c4cc(N(c5cccnc5)c5ccccn5)ccc4c(-c4ccc5ccccc5c4)c3c2)c2ccccn2)cc1. The summed E-state index contributed by atoms with van der Waals surface area (Å²) in [5.41, 5.74) is 8.61. The second kappa shape index (κ2) is 15.0. The van der Waals surface area contributed by atoms with Crippen LogP contribution in [0.4, 0.5) is 34.4 Å². The zero-order chi connectivity index (χ0) is 39.8. The number of aromatic nitrogens is 3. The molecule has 0 radical (unpaired) electrons. The van der Waals surface area contributed by atoms with Gasteiger partial charge in [-0.3, -0.25) is 14.8 Å². The lowest BCUT2D eigenvalue weighted by Crippen LogP contribution is -2.12. The first-order chi connectivity index (χ1) is 29.8. The fraction of sp³-hybridized carbons (Fsp3) is 0. The molecular weight excluding hydrogens is 731 g/mol. The average Bonchev–Trinajstić information content (AvgIpc) is 3.32. The van der Waals surface area contributed by atoms with Crippen LogP contribution in [0.3, 0.4) is 0 Å². The van der Waals surface area contributed by atoms with Crippen LogP contribution in [0.25, 0.3) is 65.3 Å². The lowest BCUT2D eigenvalue weighted by Gasteiger charge is -2.27. The maximum atomic E-state index is 4.86.